The molecule has 4 heterocycles. The fourth-order valence-corrected chi connectivity index (χ4v) is 15.5. The molecule has 0 atom stereocenters. The number of para-hydroxylation sites is 8. The quantitative estimate of drug-likeness (QED) is 0.142. The summed E-state index contributed by atoms with van der Waals surface area (Å²) in [7, 11) is 0. The van der Waals surface area contributed by atoms with Gasteiger partial charge in [-0.1, -0.05) is 222 Å². The van der Waals surface area contributed by atoms with E-state index in [1.807, 2.05) is 0 Å². The number of nitrogens with zero attached hydrogens (tertiary/aromatic N) is 6. The second-order valence-corrected chi connectivity index (χ2v) is 25.4. The summed E-state index contributed by atoms with van der Waals surface area (Å²) in [6.07, 6.45) is 0. The van der Waals surface area contributed by atoms with Gasteiger partial charge in [-0.05, 0) is 164 Å². The summed E-state index contributed by atoms with van der Waals surface area (Å²) in [5.74, 6) is 0. The second-order valence-electron chi connectivity index (χ2n) is 25.4. The molecule has 0 unspecified atom stereocenters. The smallest absolute Gasteiger partial charge is 0.213 e. The van der Waals surface area contributed by atoms with Crippen LogP contribution in [-0.2, 0) is 10.8 Å². The van der Waals surface area contributed by atoms with Gasteiger partial charge < -0.3 is 18.9 Å². The van der Waals surface area contributed by atoms with Crippen LogP contribution in [0.2, 0.25) is 0 Å². The summed E-state index contributed by atoms with van der Waals surface area (Å²) in [5.41, 5.74) is 24.7. The minimum Gasteiger partial charge on any atom is -0.310 e. The fraction of sp³-hybridized carbons (Fsp3) is 0.0698. The lowest BCUT2D eigenvalue weighted by molar-refractivity contribution is 0.632. The molecular weight excluding hydrogens is 1120 g/mol. The van der Waals surface area contributed by atoms with Crippen molar-refractivity contribution in [3.63, 3.8) is 0 Å². The standard InChI is InChI=1S/C86H60N6/c1-85(2)68-26-10-18-34-76(68)91(77-35-19-11-27-69(77)85)61-48-40-56(41-49-61)81-80(55-38-46-59(47-39-55)89-72-30-14-6-22-63(72)64-23-7-15-31-73(64)89)67(54-87)84(88-5)83(58-44-52-60(53-45-58)90-74-32-16-8-24-65(74)66-25-9-17-33-75(66)90)82(81)57-42-50-62(51-43-57)92-78-36-20-12-28-70(78)86(3,4)71-29-13-21-37-79(71)92/h6-53H,1-4H3. The SMILES string of the molecule is [C-]#[N+]c1c(C#N)c(-c2ccc(-n3c4ccccc4c4ccccc43)cc2)c(-c2ccc(N3c4ccccc4C(C)(C)c4ccccc43)cc2)c(-c2ccc(N3c4ccccc4C(C)(C)c4ccccc43)cc2)c1-c1ccc(-n2c3ccccc3c3ccccc32)cc1. The van der Waals surface area contributed by atoms with Crippen LogP contribution in [0.15, 0.2) is 291 Å². The first-order valence-corrected chi connectivity index (χ1v) is 31.5. The van der Waals surface area contributed by atoms with Gasteiger partial charge in [-0.2, -0.15) is 5.26 Å². The van der Waals surface area contributed by atoms with E-state index >= 15 is 0 Å². The van der Waals surface area contributed by atoms with E-state index in [1.54, 1.807) is 0 Å². The highest BCUT2D eigenvalue weighted by Crippen LogP contribution is 2.57. The monoisotopic (exact) mass is 1180 g/mol. The zero-order valence-corrected chi connectivity index (χ0v) is 51.4. The van der Waals surface area contributed by atoms with Crippen molar-refractivity contribution in [3.8, 4) is 62.0 Å². The molecule has 92 heavy (non-hydrogen) atoms. The van der Waals surface area contributed by atoms with Crippen LogP contribution in [-0.4, -0.2) is 9.13 Å². The number of fused-ring (bicyclic) bond motifs is 10. The van der Waals surface area contributed by atoms with Gasteiger partial charge in [0.25, 0.3) is 0 Å². The van der Waals surface area contributed by atoms with Crippen molar-refractivity contribution in [3.05, 3.63) is 330 Å². The van der Waals surface area contributed by atoms with Crippen molar-refractivity contribution in [1.29, 1.82) is 5.26 Å². The normalized spacial score (nSPS) is 13.5. The molecule has 0 amide bonds. The van der Waals surface area contributed by atoms with E-state index in [1.165, 1.54) is 43.8 Å². The summed E-state index contributed by atoms with van der Waals surface area (Å²) < 4.78 is 4.64. The van der Waals surface area contributed by atoms with Crippen molar-refractivity contribution in [1.82, 2.24) is 9.13 Å². The zero-order chi connectivity index (χ0) is 62.0. The maximum absolute atomic E-state index is 12.0. The predicted octanol–water partition coefficient (Wildman–Crippen LogP) is 23.2. The molecule has 0 fully saturated rings. The first-order chi connectivity index (χ1) is 45.1. The maximum atomic E-state index is 12.0. The third-order valence-corrected chi connectivity index (χ3v) is 19.8. The molecule has 17 rings (SSSR count). The molecule has 2 aliphatic rings. The molecule has 13 aromatic carbocycles. The van der Waals surface area contributed by atoms with Crippen LogP contribution in [0.25, 0.3) is 104 Å². The highest BCUT2D eigenvalue weighted by Gasteiger charge is 2.39. The number of nitriles is 1. The minimum absolute atomic E-state index is 0.228. The van der Waals surface area contributed by atoms with Crippen LogP contribution in [0.5, 0.6) is 0 Å². The summed E-state index contributed by atoms with van der Waals surface area (Å²) in [6.45, 7) is 18.6. The lowest BCUT2D eigenvalue weighted by Gasteiger charge is -2.42. The third kappa shape index (κ3) is 8.04. The third-order valence-electron chi connectivity index (χ3n) is 19.8. The largest absolute Gasteiger partial charge is 0.310 e. The van der Waals surface area contributed by atoms with Gasteiger partial charge in [0.2, 0.25) is 5.69 Å². The van der Waals surface area contributed by atoms with Crippen LogP contribution < -0.4 is 9.80 Å². The van der Waals surface area contributed by atoms with E-state index in [9.17, 15) is 11.8 Å². The number of aromatic nitrogens is 2. The van der Waals surface area contributed by atoms with E-state index in [-0.39, 0.29) is 10.8 Å². The molecular formula is C86H60N6. The molecule has 0 bridgehead atoms. The second kappa shape index (κ2) is 20.8. The van der Waals surface area contributed by atoms with Gasteiger partial charge in [0.15, 0.2) is 0 Å². The molecule has 6 heteroatoms. The van der Waals surface area contributed by atoms with E-state index in [4.69, 9.17) is 0 Å². The first kappa shape index (κ1) is 54.2. The Kier molecular flexibility index (Phi) is 12.3. The molecule has 2 aromatic heterocycles. The van der Waals surface area contributed by atoms with E-state index < -0.39 is 0 Å². The van der Waals surface area contributed by atoms with Crippen LogP contribution in [0.3, 0.4) is 0 Å². The van der Waals surface area contributed by atoms with Gasteiger partial charge in [0.05, 0.1) is 63.0 Å². The summed E-state index contributed by atoms with van der Waals surface area (Å²) in [4.78, 5) is 9.27. The van der Waals surface area contributed by atoms with Crippen molar-refractivity contribution >= 4 is 83.4 Å². The zero-order valence-electron chi connectivity index (χ0n) is 51.4. The number of benzene rings is 13. The summed E-state index contributed by atoms with van der Waals surface area (Å²) in [6, 6.07) is 107. The molecule has 0 radical (unpaired) electrons. The van der Waals surface area contributed by atoms with Crippen molar-refractivity contribution in [2.24, 2.45) is 0 Å². The van der Waals surface area contributed by atoms with Gasteiger partial charge in [-0.3, -0.25) is 0 Å². The highest BCUT2D eigenvalue weighted by molar-refractivity contribution is 6.13. The van der Waals surface area contributed by atoms with Crippen LogP contribution in [0.4, 0.5) is 39.8 Å². The molecule has 434 valence electrons. The molecule has 0 N–H and O–H groups in total. The first-order valence-electron chi connectivity index (χ1n) is 31.5. The van der Waals surface area contributed by atoms with Gasteiger partial charge in [-0.25, -0.2) is 4.85 Å². The van der Waals surface area contributed by atoms with Gasteiger partial charge in [0.1, 0.15) is 0 Å². The number of hydrogen-bond acceptors (Lipinski definition) is 3. The topological polar surface area (TPSA) is 44.5 Å². The minimum atomic E-state index is -0.228. The molecule has 6 nitrogen and oxygen atoms in total. The van der Waals surface area contributed by atoms with Gasteiger partial charge >= 0.3 is 0 Å². The Morgan fingerprint density at radius 2 is 0.565 bits per heavy atom. The Labute approximate surface area is 535 Å². The summed E-state index contributed by atoms with van der Waals surface area (Å²) in [5, 5.41) is 16.7. The van der Waals surface area contributed by atoms with E-state index in [0.29, 0.717) is 22.4 Å². The molecule has 0 saturated carbocycles. The van der Waals surface area contributed by atoms with E-state index in [2.05, 4.69) is 349 Å². The average molecular weight is 1180 g/mol. The Hall–Kier alpha value is -12.0. The van der Waals surface area contributed by atoms with E-state index in [0.717, 1.165) is 101 Å². The fourth-order valence-electron chi connectivity index (χ4n) is 15.5. The number of hydrogen-bond donors (Lipinski definition) is 0. The Morgan fingerprint density at radius 1 is 0.304 bits per heavy atom. The average Bonchev–Trinajstić information content (AvgIpc) is 1.14. The van der Waals surface area contributed by atoms with Gasteiger partial charge in [0, 0.05) is 55.1 Å². The van der Waals surface area contributed by atoms with Crippen molar-refractivity contribution in [2.75, 3.05) is 9.80 Å². The Morgan fingerprint density at radius 3 is 0.880 bits per heavy atom. The lowest BCUT2D eigenvalue weighted by Crippen LogP contribution is -2.30. The maximum Gasteiger partial charge on any atom is 0.213 e. The van der Waals surface area contributed by atoms with Crippen LogP contribution >= 0.6 is 0 Å². The van der Waals surface area contributed by atoms with Crippen molar-refractivity contribution in [2.45, 2.75) is 38.5 Å². The Balaban J connectivity index is 0.927. The van der Waals surface area contributed by atoms with Crippen LogP contribution in [0, 0.1) is 17.9 Å². The predicted molar refractivity (Wildman–Crippen MR) is 381 cm³/mol. The number of anilines is 6. The van der Waals surface area contributed by atoms with Crippen LogP contribution in [0.1, 0.15) is 55.5 Å². The molecule has 0 spiro atoms. The van der Waals surface area contributed by atoms with Crippen molar-refractivity contribution < 1.29 is 0 Å². The summed E-state index contributed by atoms with van der Waals surface area (Å²) >= 11 is 0. The molecule has 0 aliphatic carbocycles. The molecule has 2 aliphatic heterocycles. The number of rotatable bonds is 8. The molecule has 0 saturated heterocycles. The molecule has 15 aromatic rings. The van der Waals surface area contributed by atoms with Gasteiger partial charge in [-0.15, -0.1) is 0 Å². The highest BCUT2D eigenvalue weighted by atomic mass is 15.2. The lowest BCUT2D eigenvalue weighted by atomic mass is 9.73. The Bertz CT molecular complexity index is 5040.